The molecule has 6 heteroatoms. The number of carbonyl (C=O) groups excluding carboxylic acids is 3. The summed E-state index contributed by atoms with van der Waals surface area (Å²) in [5.41, 5.74) is 3.73. The standard InChI is InChI=1S/C23H25N.C8H15NO3.CH2O.2H2/c1-2-6-19(7-3-1)21-12-14-23(15-13-21)24-17-18-10-11-20-8-4-5-9-22(20)16-18;1-8(2,3)6(9-5-10)7(11)12-4;1-2;;/h4-5,8-16,19,24H,1-3,6-7,17H2;5-6H,1-4H3,(H,9,10);1H2;2*1H/t;6-;;;/m.1.../s1. The van der Waals surface area contributed by atoms with Gasteiger partial charge in [-0.1, -0.05) is 88.6 Å². The van der Waals surface area contributed by atoms with Gasteiger partial charge in [0, 0.05) is 15.1 Å². The zero-order chi connectivity index (χ0) is 28.0. The van der Waals surface area contributed by atoms with E-state index in [0.29, 0.717) is 6.41 Å². The Hall–Kier alpha value is -3.67. The van der Waals surface area contributed by atoms with Crippen molar-refractivity contribution in [2.45, 2.75) is 71.4 Å². The van der Waals surface area contributed by atoms with Crippen LogP contribution in [-0.2, 0) is 25.7 Å². The highest BCUT2D eigenvalue weighted by Crippen LogP contribution is 2.33. The highest BCUT2D eigenvalue weighted by atomic mass is 16.5. The number of hydrogen-bond acceptors (Lipinski definition) is 5. The second-order valence-corrected chi connectivity index (χ2v) is 10.6. The van der Waals surface area contributed by atoms with E-state index >= 15 is 0 Å². The first-order valence-electron chi connectivity index (χ1n) is 13.2. The van der Waals surface area contributed by atoms with Crippen molar-refractivity contribution in [3.05, 3.63) is 77.9 Å². The van der Waals surface area contributed by atoms with Gasteiger partial charge in [0.25, 0.3) is 0 Å². The Bertz CT molecular complexity index is 1140. The summed E-state index contributed by atoms with van der Waals surface area (Å²) in [7, 11) is 1.30. The van der Waals surface area contributed by atoms with Crippen molar-refractivity contribution < 1.29 is 22.0 Å². The summed E-state index contributed by atoms with van der Waals surface area (Å²) in [5, 5.41) is 8.59. The van der Waals surface area contributed by atoms with Crippen molar-refractivity contribution >= 4 is 35.6 Å². The van der Waals surface area contributed by atoms with Crippen molar-refractivity contribution in [1.82, 2.24) is 5.32 Å². The molecule has 0 saturated heterocycles. The molecule has 0 spiro atoms. The fourth-order valence-corrected chi connectivity index (χ4v) is 4.72. The van der Waals surface area contributed by atoms with Gasteiger partial charge in [-0.2, -0.15) is 0 Å². The molecule has 0 aromatic heterocycles. The average Bonchev–Trinajstić information content (AvgIpc) is 2.96. The first-order chi connectivity index (χ1) is 18.3. The molecule has 1 aliphatic rings. The van der Waals surface area contributed by atoms with E-state index in [1.807, 2.05) is 27.6 Å². The van der Waals surface area contributed by atoms with Gasteiger partial charge in [0.15, 0.2) is 0 Å². The lowest BCUT2D eigenvalue weighted by Crippen LogP contribution is -2.46. The fraction of sp³-hybridized carbons (Fsp3) is 0.406. The molecule has 0 aliphatic heterocycles. The van der Waals surface area contributed by atoms with Crippen LogP contribution in [0, 0.1) is 5.41 Å². The smallest absolute Gasteiger partial charge is 0.328 e. The number of amides is 1. The number of fused-ring (bicyclic) bond motifs is 1. The molecule has 6 nitrogen and oxygen atoms in total. The van der Waals surface area contributed by atoms with Gasteiger partial charge in [-0.3, -0.25) is 4.79 Å². The van der Waals surface area contributed by atoms with Crippen molar-refractivity contribution in [2.75, 3.05) is 12.4 Å². The van der Waals surface area contributed by atoms with Gasteiger partial charge in [-0.25, -0.2) is 4.79 Å². The van der Waals surface area contributed by atoms with Crippen molar-refractivity contribution in [2.24, 2.45) is 5.41 Å². The van der Waals surface area contributed by atoms with E-state index in [1.54, 1.807) is 0 Å². The second-order valence-electron chi connectivity index (χ2n) is 10.6. The Morgan fingerprint density at radius 1 is 1.00 bits per heavy atom. The molecule has 1 atom stereocenters. The molecule has 0 unspecified atom stereocenters. The maximum atomic E-state index is 11.1. The van der Waals surface area contributed by atoms with Gasteiger partial charge in [0.1, 0.15) is 12.8 Å². The van der Waals surface area contributed by atoms with Gasteiger partial charge in [-0.05, 0) is 64.3 Å². The topological polar surface area (TPSA) is 84.5 Å². The normalized spacial score (nSPS) is 14.1. The lowest BCUT2D eigenvalue weighted by Gasteiger charge is -2.27. The van der Waals surface area contributed by atoms with Gasteiger partial charge in [0.05, 0.1) is 7.11 Å². The number of hydrogen-bond donors (Lipinski definition) is 2. The van der Waals surface area contributed by atoms with Crippen LogP contribution in [0.5, 0.6) is 0 Å². The minimum atomic E-state index is -0.583. The van der Waals surface area contributed by atoms with Crippen molar-refractivity contribution in [1.29, 1.82) is 0 Å². The minimum absolute atomic E-state index is 0. The first kappa shape index (κ1) is 30.6. The maximum absolute atomic E-state index is 11.1. The third-order valence-corrected chi connectivity index (χ3v) is 6.84. The summed E-state index contributed by atoms with van der Waals surface area (Å²) in [5.74, 6) is 0.364. The predicted molar refractivity (Wildman–Crippen MR) is 159 cm³/mol. The SMILES string of the molecule is C=O.COC(=O)[C@@H](NC=O)C(C)(C)C.[HH].[HH].c1ccc2cc(CNc3ccc(C4CCCCC4)cc3)ccc2c1. The molecule has 1 amide bonds. The minimum Gasteiger partial charge on any atom is -0.467 e. The fourth-order valence-electron chi connectivity index (χ4n) is 4.72. The summed E-state index contributed by atoms with van der Waals surface area (Å²) in [6, 6.07) is 23.8. The Balaban J connectivity index is 0.000000822. The van der Waals surface area contributed by atoms with E-state index in [2.05, 4.69) is 82.1 Å². The molecule has 4 rings (SSSR count). The van der Waals surface area contributed by atoms with E-state index in [1.165, 1.54) is 66.8 Å². The van der Waals surface area contributed by atoms with E-state index in [4.69, 9.17) is 4.79 Å². The van der Waals surface area contributed by atoms with E-state index in [-0.39, 0.29) is 8.27 Å². The summed E-state index contributed by atoms with van der Waals surface area (Å²) >= 11 is 0. The van der Waals surface area contributed by atoms with Crippen LogP contribution in [-0.4, -0.2) is 32.3 Å². The summed E-state index contributed by atoms with van der Waals surface area (Å²) in [4.78, 5) is 29.3. The molecule has 1 aliphatic carbocycles. The van der Waals surface area contributed by atoms with Crippen LogP contribution in [0.1, 0.15) is 72.8 Å². The number of methoxy groups -OCH3 is 1. The molecule has 0 radical (unpaired) electrons. The van der Waals surface area contributed by atoms with Crippen LogP contribution in [0.25, 0.3) is 10.8 Å². The first-order valence-corrected chi connectivity index (χ1v) is 13.2. The number of esters is 1. The third-order valence-electron chi connectivity index (χ3n) is 6.84. The third kappa shape index (κ3) is 9.33. The van der Waals surface area contributed by atoms with Crippen LogP contribution >= 0.6 is 0 Å². The zero-order valence-corrected chi connectivity index (χ0v) is 23.2. The monoisotopic (exact) mass is 522 g/mol. The van der Waals surface area contributed by atoms with E-state index in [0.717, 1.165) is 12.5 Å². The maximum Gasteiger partial charge on any atom is 0.328 e. The van der Waals surface area contributed by atoms with Gasteiger partial charge >= 0.3 is 5.97 Å². The van der Waals surface area contributed by atoms with Gasteiger partial charge < -0.3 is 20.2 Å². The number of ether oxygens (including phenoxy) is 1. The number of nitrogens with one attached hydrogen (secondary N) is 2. The molecule has 2 N–H and O–H groups in total. The molecule has 1 fully saturated rings. The van der Waals surface area contributed by atoms with Crippen LogP contribution in [0.2, 0.25) is 0 Å². The van der Waals surface area contributed by atoms with E-state index in [9.17, 15) is 9.59 Å². The largest absolute Gasteiger partial charge is 0.467 e. The van der Waals surface area contributed by atoms with Gasteiger partial charge in [0.2, 0.25) is 6.41 Å². The highest BCUT2D eigenvalue weighted by Gasteiger charge is 2.31. The Morgan fingerprint density at radius 2 is 1.63 bits per heavy atom. The second kappa shape index (κ2) is 15.6. The van der Waals surface area contributed by atoms with Crippen LogP contribution < -0.4 is 10.6 Å². The predicted octanol–water partition coefficient (Wildman–Crippen LogP) is 7.13. The zero-order valence-electron chi connectivity index (χ0n) is 23.2. The Labute approximate surface area is 230 Å². The van der Waals surface area contributed by atoms with Crippen molar-refractivity contribution in [3.8, 4) is 0 Å². The summed E-state index contributed by atoms with van der Waals surface area (Å²) in [6.07, 6.45) is 7.45. The van der Waals surface area contributed by atoms with Crippen LogP contribution in [0.15, 0.2) is 66.7 Å². The molecule has 208 valence electrons. The lowest BCUT2D eigenvalue weighted by molar-refractivity contribution is -0.147. The highest BCUT2D eigenvalue weighted by molar-refractivity contribution is 5.83. The average molecular weight is 523 g/mol. The van der Waals surface area contributed by atoms with Crippen LogP contribution in [0.3, 0.4) is 0 Å². The Morgan fingerprint density at radius 3 is 2.21 bits per heavy atom. The molecule has 3 aromatic rings. The molecule has 0 bridgehead atoms. The molecular formula is C32H46N2O4. The molecule has 0 heterocycles. The molecule has 1 saturated carbocycles. The molecule has 3 aromatic carbocycles. The van der Waals surface area contributed by atoms with Crippen molar-refractivity contribution in [3.63, 3.8) is 0 Å². The van der Waals surface area contributed by atoms with E-state index < -0.39 is 12.0 Å². The number of benzene rings is 3. The van der Waals surface area contributed by atoms with Gasteiger partial charge in [-0.15, -0.1) is 0 Å². The van der Waals surface area contributed by atoms with Crippen LogP contribution in [0.4, 0.5) is 5.69 Å². The lowest BCUT2D eigenvalue weighted by atomic mass is 9.84. The quantitative estimate of drug-likeness (QED) is 0.255. The number of rotatable bonds is 7. The number of carbonyl (C=O) groups is 3. The number of anilines is 1. The molecular weight excluding hydrogens is 476 g/mol. The molecule has 38 heavy (non-hydrogen) atoms. The summed E-state index contributed by atoms with van der Waals surface area (Å²) in [6.45, 7) is 8.43. The summed E-state index contributed by atoms with van der Waals surface area (Å²) < 4.78 is 4.53. The Kier molecular flexibility index (Phi) is 12.5.